The van der Waals surface area contributed by atoms with Crippen molar-refractivity contribution in [2.45, 2.75) is 18.1 Å². The van der Waals surface area contributed by atoms with Crippen molar-refractivity contribution in [2.75, 3.05) is 33.3 Å². The zero-order valence-corrected chi connectivity index (χ0v) is 17.8. The monoisotopic (exact) mass is 447 g/mol. The van der Waals surface area contributed by atoms with Crippen LogP contribution in [-0.4, -0.2) is 55.1 Å². The summed E-state index contributed by atoms with van der Waals surface area (Å²) >= 11 is 1.57. The molecule has 2 amide bonds. The van der Waals surface area contributed by atoms with E-state index in [1.54, 1.807) is 43.3 Å². The third-order valence-electron chi connectivity index (χ3n) is 5.17. The first-order chi connectivity index (χ1) is 15.0. The first kappa shape index (κ1) is 21.5. The Morgan fingerprint density at radius 3 is 2.19 bits per heavy atom. The highest BCUT2D eigenvalue weighted by atomic mass is 32.2. The average Bonchev–Trinajstić information content (AvgIpc) is 3.32. The van der Waals surface area contributed by atoms with Gasteiger partial charge in [0, 0.05) is 37.6 Å². The quantitative estimate of drug-likeness (QED) is 0.511. The molecule has 0 radical (unpaired) electrons. The molecule has 0 unspecified atom stereocenters. The molecule has 2 heterocycles. The van der Waals surface area contributed by atoms with E-state index in [-0.39, 0.29) is 11.8 Å². The van der Waals surface area contributed by atoms with Crippen LogP contribution in [0.2, 0.25) is 0 Å². The van der Waals surface area contributed by atoms with Crippen molar-refractivity contribution in [3.05, 3.63) is 65.2 Å². The van der Waals surface area contributed by atoms with Gasteiger partial charge in [-0.05, 0) is 65.1 Å². The number of alkyl halides is 2. The van der Waals surface area contributed by atoms with E-state index in [9.17, 15) is 13.6 Å². The van der Waals surface area contributed by atoms with Crippen molar-refractivity contribution in [2.24, 2.45) is 0 Å². The minimum Gasteiger partial charge on any atom is -0.497 e. The molecule has 4 rings (SSSR count). The van der Waals surface area contributed by atoms with Gasteiger partial charge in [0.1, 0.15) is 11.5 Å². The van der Waals surface area contributed by atoms with Crippen molar-refractivity contribution >= 4 is 18.0 Å². The SMILES string of the molecule is COc1ccc(CNC(=O)N2CC3=C(CN(Sc4ccc(OC(F)F)cc4)C3)C2)cc1. The van der Waals surface area contributed by atoms with Crippen LogP contribution in [0.3, 0.4) is 0 Å². The molecule has 0 saturated carbocycles. The Kier molecular flexibility index (Phi) is 6.62. The molecule has 0 bridgehead atoms. The number of urea groups is 1. The van der Waals surface area contributed by atoms with E-state index >= 15 is 0 Å². The van der Waals surface area contributed by atoms with Gasteiger partial charge in [0.05, 0.1) is 7.11 Å². The van der Waals surface area contributed by atoms with Gasteiger partial charge >= 0.3 is 12.6 Å². The molecular formula is C22H23F2N3O3S. The maximum Gasteiger partial charge on any atom is 0.387 e. The van der Waals surface area contributed by atoms with E-state index < -0.39 is 6.61 Å². The normalized spacial score (nSPS) is 16.1. The number of nitrogens with one attached hydrogen (secondary N) is 1. The third-order valence-corrected chi connectivity index (χ3v) is 6.17. The number of carbonyl (C=O) groups is 1. The van der Waals surface area contributed by atoms with Crippen molar-refractivity contribution in [1.29, 1.82) is 0 Å². The summed E-state index contributed by atoms with van der Waals surface area (Å²) in [6, 6.07) is 14.2. The number of carbonyl (C=O) groups excluding carboxylic acids is 1. The maximum absolute atomic E-state index is 12.5. The molecule has 2 aliphatic rings. The molecule has 2 aliphatic heterocycles. The maximum atomic E-state index is 12.5. The van der Waals surface area contributed by atoms with Gasteiger partial charge in [-0.2, -0.15) is 8.78 Å². The van der Waals surface area contributed by atoms with Crippen molar-refractivity contribution in [3.8, 4) is 11.5 Å². The fraction of sp³-hybridized carbons (Fsp3) is 0.318. The number of rotatable bonds is 7. The Labute approximate surface area is 183 Å². The van der Waals surface area contributed by atoms with Gasteiger partial charge in [-0.1, -0.05) is 12.1 Å². The molecule has 2 aromatic rings. The zero-order valence-electron chi connectivity index (χ0n) is 17.0. The number of benzene rings is 2. The molecule has 0 aromatic heterocycles. The highest BCUT2D eigenvalue weighted by Gasteiger charge is 2.32. The lowest BCUT2D eigenvalue weighted by atomic mass is 10.2. The Morgan fingerprint density at radius 1 is 1.00 bits per heavy atom. The summed E-state index contributed by atoms with van der Waals surface area (Å²) in [5.74, 6) is 0.938. The molecule has 2 aromatic carbocycles. The summed E-state index contributed by atoms with van der Waals surface area (Å²) in [7, 11) is 1.62. The lowest BCUT2D eigenvalue weighted by Crippen LogP contribution is -2.40. The molecular weight excluding hydrogens is 424 g/mol. The minimum absolute atomic E-state index is 0.0703. The van der Waals surface area contributed by atoms with Crippen LogP contribution in [0.15, 0.2) is 64.6 Å². The first-order valence-electron chi connectivity index (χ1n) is 9.83. The molecule has 164 valence electrons. The topological polar surface area (TPSA) is 54.0 Å². The number of methoxy groups -OCH3 is 1. The van der Waals surface area contributed by atoms with Gasteiger partial charge in [-0.15, -0.1) is 0 Å². The highest BCUT2D eigenvalue weighted by Crippen LogP contribution is 2.33. The molecule has 1 N–H and O–H groups in total. The predicted octanol–water partition coefficient (Wildman–Crippen LogP) is 4.14. The fourth-order valence-electron chi connectivity index (χ4n) is 3.62. The number of hydrogen-bond acceptors (Lipinski definition) is 5. The summed E-state index contributed by atoms with van der Waals surface area (Å²) in [6.45, 7) is 0.455. The zero-order chi connectivity index (χ0) is 21.8. The molecule has 0 spiro atoms. The number of nitrogens with zero attached hydrogens (tertiary/aromatic N) is 2. The van der Waals surface area contributed by atoms with Gasteiger partial charge in [0.25, 0.3) is 0 Å². The molecule has 9 heteroatoms. The second kappa shape index (κ2) is 9.57. The van der Waals surface area contributed by atoms with Crippen LogP contribution in [0.1, 0.15) is 5.56 Å². The minimum atomic E-state index is -2.82. The first-order valence-corrected chi connectivity index (χ1v) is 10.6. The van der Waals surface area contributed by atoms with Gasteiger partial charge in [0.2, 0.25) is 0 Å². The van der Waals surface area contributed by atoms with Crippen LogP contribution in [-0.2, 0) is 6.54 Å². The number of amides is 2. The Hall–Kier alpha value is -2.78. The van der Waals surface area contributed by atoms with Gasteiger partial charge < -0.3 is 19.7 Å². The van der Waals surface area contributed by atoms with Crippen LogP contribution in [0.5, 0.6) is 11.5 Å². The van der Waals surface area contributed by atoms with Crippen LogP contribution in [0.4, 0.5) is 13.6 Å². The summed E-state index contributed by atoms with van der Waals surface area (Å²) in [5.41, 5.74) is 3.55. The van der Waals surface area contributed by atoms with Crippen LogP contribution in [0, 0.1) is 0 Å². The number of halogens is 2. The molecule has 0 atom stereocenters. The van der Waals surface area contributed by atoms with Gasteiger partial charge in [-0.25, -0.2) is 9.10 Å². The molecule has 0 fully saturated rings. The second-order valence-electron chi connectivity index (χ2n) is 7.31. The van der Waals surface area contributed by atoms with Crippen LogP contribution < -0.4 is 14.8 Å². The van der Waals surface area contributed by atoms with Crippen molar-refractivity contribution in [1.82, 2.24) is 14.5 Å². The van der Waals surface area contributed by atoms with E-state index in [2.05, 4.69) is 14.4 Å². The van der Waals surface area contributed by atoms with Crippen LogP contribution >= 0.6 is 11.9 Å². The number of ether oxygens (including phenoxy) is 2. The highest BCUT2D eigenvalue weighted by molar-refractivity contribution is 7.97. The summed E-state index contributed by atoms with van der Waals surface area (Å²) in [6.07, 6.45) is 0. The lowest BCUT2D eigenvalue weighted by molar-refractivity contribution is -0.0498. The van der Waals surface area contributed by atoms with Crippen LogP contribution in [0.25, 0.3) is 0 Å². The van der Waals surface area contributed by atoms with E-state index in [4.69, 9.17) is 4.74 Å². The second-order valence-corrected chi connectivity index (χ2v) is 8.48. The van der Waals surface area contributed by atoms with Gasteiger partial charge in [0.15, 0.2) is 0 Å². The smallest absolute Gasteiger partial charge is 0.387 e. The summed E-state index contributed by atoms with van der Waals surface area (Å²) in [4.78, 5) is 15.3. The molecule has 0 saturated heterocycles. The summed E-state index contributed by atoms with van der Waals surface area (Å²) < 4.78 is 36.2. The molecule has 6 nitrogen and oxygen atoms in total. The predicted molar refractivity (Wildman–Crippen MR) is 114 cm³/mol. The standard InChI is InChI=1S/C22H23F2N3O3S/c1-29-18-4-2-15(3-5-18)10-25-22(28)26-11-16-13-27(14-17(16)12-26)31-20-8-6-19(7-9-20)30-21(23)24/h2-9,21H,10-14H2,1H3,(H,25,28). The van der Waals surface area contributed by atoms with Crippen molar-refractivity contribution in [3.63, 3.8) is 0 Å². The van der Waals surface area contributed by atoms with E-state index in [0.717, 1.165) is 29.3 Å². The van der Waals surface area contributed by atoms with Crippen molar-refractivity contribution < 1.29 is 23.0 Å². The Balaban J connectivity index is 1.22. The third kappa shape index (κ3) is 5.48. The number of hydrogen-bond donors (Lipinski definition) is 1. The summed E-state index contributed by atoms with van der Waals surface area (Å²) in [5, 5.41) is 2.97. The fourth-order valence-corrected chi connectivity index (χ4v) is 4.61. The molecule has 0 aliphatic carbocycles. The molecule has 31 heavy (non-hydrogen) atoms. The Morgan fingerprint density at radius 2 is 1.61 bits per heavy atom. The Bertz CT molecular complexity index is 933. The van der Waals surface area contributed by atoms with E-state index in [1.807, 2.05) is 29.2 Å². The van der Waals surface area contributed by atoms with Gasteiger partial charge in [-0.3, -0.25) is 0 Å². The van der Waals surface area contributed by atoms with E-state index in [1.165, 1.54) is 11.1 Å². The van der Waals surface area contributed by atoms with E-state index in [0.29, 0.717) is 19.6 Å². The largest absolute Gasteiger partial charge is 0.497 e. The average molecular weight is 448 g/mol. The lowest BCUT2D eigenvalue weighted by Gasteiger charge is -2.22.